The molecule has 0 saturated heterocycles. The molecule has 1 aromatic heterocycles. The van der Waals surface area contributed by atoms with Crippen LogP contribution in [0.4, 0.5) is 0 Å². The van der Waals surface area contributed by atoms with Crippen molar-refractivity contribution in [2.75, 3.05) is 26.8 Å². The van der Waals surface area contributed by atoms with E-state index in [4.69, 9.17) is 14.1 Å². The van der Waals surface area contributed by atoms with E-state index in [-0.39, 0.29) is 24.0 Å². The van der Waals surface area contributed by atoms with Crippen LogP contribution >= 0.6 is 24.0 Å². The van der Waals surface area contributed by atoms with E-state index in [0.717, 1.165) is 56.1 Å². The summed E-state index contributed by atoms with van der Waals surface area (Å²) in [5, 5.41) is 7.13. The quantitative estimate of drug-likeness (QED) is 0.278. The Labute approximate surface area is 162 Å². The zero-order valence-electron chi connectivity index (χ0n) is 14.5. The second kappa shape index (κ2) is 10.3. The fourth-order valence-electron chi connectivity index (χ4n) is 3.91. The first-order valence-electron chi connectivity index (χ1n) is 8.91. The van der Waals surface area contributed by atoms with Crippen molar-refractivity contribution in [1.82, 2.24) is 10.6 Å². The van der Waals surface area contributed by atoms with Crippen molar-refractivity contribution in [3.63, 3.8) is 0 Å². The molecule has 2 aliphatic rings. The van der Waals surface area contributed by atoms with Crippen molar-refractivity contribution in [1.29, 1.82) is 0 Å². The highest BCUT2D eigenvalue weighted by Crippen LogP contribution is 2.44. The van der Waals surface area contributed by atoms with Crippen molar-refractivity contribution in [3.05, 3.63) is 24.2 Å². The largest absolute Gasteiger partial charge is 0.469 e. The molecule has 0 aromatic carbocycles. The van der Waals surface area contributed by atoms with Gasteiger partial charge in [0.05, 0.1) is 6.26 Å². The van der Waals surface area contributed by atoms with Crippen LogP contribution in [0.2, 0.25) is 0 Å². The van der Waals surface area contributed by atoms with Gasteiger partial charge in [0.15, 0.2) is 5.96 Å². The molecule has 3 atom stereocenters. The number of aliphatic imine (C=N–C) groups is 1. The van der Waals surface area contributed by atoms with E-state index in [9.17, 15) is 0 Å². The minimum absolute atomic E-state index is 0. The third-order valence-corrected chi connectivity index (χ3v) is 5.08. The molecular weight excluding hydrogens is 417 g/mol. The minimum Gasteiger partial charge on any atom is -0.469 e. The highest BCUT2D eigenvalue weighted by atomic mass is 127. The van der Waals surface area contributed by atoms with Crippen LogP contribution in [0.15, 0.2) is 27.8 Å². The van der Waals surface area contributed by atoms with Crippen LogP contribution in [0.1, 0.15) is 37.9 Å². The lowest BCUT2D eigenvalue weighted by Crippen LogP contribution is -2.46. The normalized spacial score (nSPS) is 25.5. The number of ether oxygens (including phenoxy) is 1. The summed E-state index contributed by atoms with van der Waals surface area (Å²) in [5.74, 6) is 3.74. The number of rotatable bonds is 8. The minimum atomic E-state index is 0. The van der Waals surface area contributed by atoms with Gasteiger partial charge in [-0.05, 0) is 49.7 Å². The topological polar surface area (TPSA) is 58.8 Å². The summed E-state index contributed by atoms with van der Waals surface area (Å²) in [6.07, 6.45) is 9.08. The Kier molecular flexibility index (Phi) is 8.38. The van der Waals surface area contributed by atoms with Crippen LogP contribution in [0, 0.1) is 11.8 Å². The summed E-state index contributed by atoms with van der Waals surface area (Å²) in [5.41, 5.74) is 0. The first-order valence-corrected chi connectivity index (χ1v) is 8.91. The molecule has 3 unspecified atom stereocenters. The van der Waals surface area contributed by atoms with Crippen LogP contribution in [0.25, 0.3) is 0 Å². The number of guanidine groups is 1. The van der Waals surface area contributed by atoms with Gasteiger partial charge in [0, 0.05) is 39.3 Å². The van der Waals surface area contributed by atoms with Crippen LogP contribution in [0.3, 0.4) is 0 Å². The smallest absolute Gasteiger partial charge is 0.191 e. The summed E-state index contributed by atoms with van der Waals surface area (Å²) >= 11 is 0. The monoisotopic (exact) mass is 447 g/mol. The molecular formula is C18H30IN3O2. The highest BCUT2D eigenvalue weighted by molar-refractivity contribution is 14.0. The summed E-state index contributed by atoms with van der Waals surface area (Å²) in [6.45, 7) is 2.40. The number of hydrogen-bond acceptors (Lipinski definition) is 3. The van der Waals surface area contributed by atoms with Gasteiger partial charge in [-0.15, -0.1) is 24.0 Å². The van der Waals surface area contributed by atoms with Crippen molar-refractivity contribution < 1.29 is 9.15 Å². The molecule has 2 aliphatic carbocycles. The Balaban J connectivity index is 0.00000208. The Bertz CT molecular complexity index is 492. The zero-order valence-corrected chi connectivity index (χ0v) is 16.8. The first kappa shape index (κ1) is 19.6. The summed E-state index contributed by atoms with van der Waals surface area (Å²) < 4.78 is 10.5. The Morgan fingerprint density at radius 2 is 2.29 bits per heavy atom. The summed E-state index contributed by atoms with van der Waals surface area (Å²) in [4.78, 5) is 4.71. The van der Waals surface area contributed by atoms with Gasteiger partial charge in [-0.3, -0.25) is 4.99 Å². The zero-order chi connectivity index (χ0) is 15.9. The molecule has 136 valence electrons. The number of halogens is 1. The van der Waals surface area contributed by atoms with E-state index >= 15 is 0 Å². The molecule has 0 radical (unpaired) electrons. The Hall–Kier alpha value is -0.760. The fourth-order valence-corrected chi connectivity index (χ4v) is 3.91. The van der Waals surface area contributed by atoms with Gasteiger partial charge in [-0.2, -0.15) is 0 Å². The van der Waals surface area contributed by atoms with Gasteiger partial charge in [-0.1, -0.05) is 6.42 Å². The number of methoxy groups -OCH3 is 1. The Morgan fingerprint density at radius 1 is 1.38 bits per heavy atom. The van der Waals surface area contributed by atoms with Crippen LogP contribution in [-0.4, -0.2) is 38.8 Å². The lowest BCUT2D eigenvalue weighted by molar-refractivity contribution is 0.197. The van der Waals surface area contributed by atoms with E-state index in [2.05, 4.69) is 10.6 Å². The van der Waals surface area contributed by atoms with Gasteiger partial charge in [0.25, 0.3) is 0 Å². The molecule has 2 bridgehead atoms. The fraction of sp³-hybridized carbons (Fsp3) is 0.722. The second-order valence-electron chi connectivity index (χ2n) is 6.76. The van der Waals surface area contributed by atoms with Gasteiger partial charge >= 0.3 is 0 Å². The van der Waals surface area contributed by atoms with Crippen molar-refractivity contribution in [2.24, 2.45) is 16.8 Å². The molecule has 2 saturated carbocycles. The van der Waals surface area contributed by atoms with Crippen LogP contribution < -0.4 is 10.6 Å². The summed E-state index contributed by atoms with van der Waals surface area (Å²) in [7, 11) is 1.74. The van der Waals surface area contributed by atoms with Gasteiger partial charge in [0.1, 0.15) is 5.76 Å². The molecule has 0 amide bonds. The standard InChI is InChI=1S/C18H29N3O2.HI/c1-22-10-3-8-19-18(20-9-7-16-4-2-11-23-16)21-17-13-14-5-6-15(17)12-14;/h2,4,11,14-15,17H,3,5-10,12-13H2,1H3,(H2,19,20,21);1H. The molecule has 6 heteroatoms. The Morgan fingerprint density at radius 3 is 2.96 bits per heavy atom. The van der Waals surface area contributed by atoms with Crippen molar-refractivity contribution >= 4 is 29.9 Å². The molecule has 0 aliphatic heterocycles. The third-order valence-electron chi connectivity index (χ3n) is 5.08. The lowest BCUT2D eigenvalue weighted by Gasteiger charge is -2.25. The van der Waals surface area contributed by atoms with Gasteiger partial charge < -0.3 is 19.8 Å². The second-order valence-corrected chi connectivity index (χ2v) is 6.76. The maximum atomic E-state index is 5.39. The number of hydrogen-bond donors (Lipinski definition) is 2. The predicted molar refractivity (Wildman–Crippen MR) is 107 cm³/mol. The predicted octanol–water partition coefficient (Wildman–Crippen LogP) is 3.20. The average Bonchev–Trinajstić information content (AvgIpc) is 3.29. The van der Waals surface area contributed by atoms with E-state index in [1.54, 1.807) is 13.4 Å². The number of fused-ring (bicyclic) bond motifs is 2. The number of furan rings is 1. The molecule has 5 nitrogen and oxygen atoms in total. The number of nitrogens with zero attached hydrogens (tertiary/aromatic N) is 1. The third kappa shape index (κ3) is 5.65. The molecule has 3 rings (SSSR count). The van der Waals surface area contributed by atoms with E-state index < -0.39 is 0 Å². The van der Waals surface area contributed by atoms with E-state index in [1.807, 2.05) is 12.1 Å². The molecule has 2 fully saturated rings. The lowest BCUT2D eigenvalue weighted by atomic mass is 9.95. The average molecular weight is 447 g/mol. The first-order chi connectivity index (χ1) is 11.3. The van der Waals surface area contributed by atoms with E-state index in [0.29, 0.717) is 6.04 Å². The van der Waals surface area contributed by atoms with Crippen LogP contribution in [0.5, 0.6) is 0 Å². The number of nitrogens with one attached hydrogen (secondary N) is 2. The summed E-state index contributed by atoms with van der Waals surface area (Å²) in [6, 6.07) is 4.55. The SMILES string of the molecule is COCCCN=C(NCCc1ccco1)NC1CC2CCC1C2.I. The van der Waals surface area contributed by atoms with Gasteiger partial charge in [-0.25, -0.2) is 0 Å². The van der Waals surface area contributed by atoms with Gasteiger partial charge in [0.2, 0.25) is 0 Å². The van der Waals surface area contributed by atoms with Crippen molar-refractivity contribution in [2.45, 2.75) is 44.6 Å². The maximum absolute atomic E-state index is 5.39. The molecule has 1 heterocycles. The maximum Gasteiger partial charge on any atom is 0.191 e. The highest BCUT2D eigenvalue weighted by Gasteiger charge is 2.39. The molecule has 2 N–H and O–H groups in total. The van der Waals surface area contributed by atoms with Crippen molar-refractivity contribution in [3.8, 4) is 0 Å². The van der Waals surface area contributed by atoms with E-state index in [1.165, 1.54) is 25.7 Å². The molecule has 24 heavy (non-hydrogen) atoms. The van der Waals surface area contributed by atoms with Crippen LogP contribution in [-0.2, 0) is 11.2 Å². The molecule has 1 aromatic rings. The molecule has 0 spiro atoms.